The van der Waals surface area contributed by atoms with E-state index in [2.05, 4.69) is 15.9 Å². The highest BCUT2D eigenvalue weighted by Crippen LogP contribution is 2.30. The quantitative estimate of drug-likeness (QED) is 0.911. The Kier molecular flexibility index (Phi) is 3.54. The van der Waals surface area contributed by atoms with Gasteiger partial charge in [0, 0.05) is 35.7 Å². The van der Waals surface area contributed by atoms with Gasteiger partial charge in [-0.1, -0.05) is 15.9 Å². The van der Waals surface area contributed by atoms with Crippen LogP contribution in [0.3, 0.4) is 0 Å². The second kappa shape index (κ2) is 4.78. The lowest BCUT2D eigenvalue weighted by atomic mass is 10.1. The minimum Gasteiger partial charge on any atom is -0.396 e. The van der Waals surface area contributed by atoms with Crippen molar-refractivity contribution in [1.29, 1.82) is 0 Å². The zero-order valence-electron chi connectivity index (χ0n) is 10.0. The Balaban J connectivity index is 2.32. The van der Waals surface area contributed by atoms with Crippen molar-refractivity contribution in [3.8, 4) is 0 Å². The molecule has 1 aliphatic heterocycles. The number of nitrogens with zero attached hydrogens (tertiary/aromatic N) is 1. The average molecular weight is 298 g/mol. The molecule has 0 aliphatic carbocycles. The first-order valence-corrected chi connectivity index (χ1v) is 6.50. The number of aryl methyl sites for hydroxylation is 2. The van der Waals surface area contributed by atoms with Crippen LogP contribution in [0.25, 0.3) is 0 Å². The lowest BCUT2D eigenvalue weighted by Crippen LogP contribution is -2.25. The maximum atomic E-state index is 11.9. The van der Waals surface area contributed by atoms with Gasteiger partial charge >= 0.3 is 0 Å². The molecule has 1 heterocycles. The molecule has 1 fully saturated rings. The third kappa shape index (κ3) is 2.38. The highest BCUT2D eigenvalue weighted by Gasteiger charge is 2.30. The predicted molar refractivity (Wildman–Crippen MR) is 71.2 cm³/mol. The summed E-state index contributed by atoms with van der Waals surface area (Å²) in [5.41, 5.74) is 3.18. The SMILES string of the molecule is Cc1cc(N2CC(CO)CC2=O)cc(C)c1Br. The van der Waals surface area contributed by atoms with Gasteiger partial charge in [-0.15, -0.1) is 0 Å². The zero-order valence-corrected chi connectivity index (χ0v) is 11.6. The van der Waals surface area contributed by atoms with E-state index in [0.717, 1.165) is 21.3 Å². The molecule has 0 spiro atoms. The summed E-state index contributed by atoms with van der Waals surface area (Å²) in [7, 11) is 0. The average Bonchev–Trinajstić information content (AvgIpc) is 2.67. The van der Waals surface area contributed by atoms with E-state index in [-0.39, 0.29) is 18.4 Å². The number of hydrogen-bond acceptors (Lipinski definition) is 2. The number of aliphatic hydroxyl groups is 1. The van der Waals surface area contributed by atoms with Gasteiger partial charge in [0.1, 0.15) is 0 Å². The van der Waals surface area contributed by atoms with Crippen LogP contribution in [-0.2, 0) is 4.79 Å². The molecule has 0 bridgehead atoms. The topological polar surface area (TPSA) is 40.5 Å². The monoisotopic (exact) mass is 297 g/mol. The molecule has 92 valence electrons. The minimum absolute atomic E-state index is 0.0757. The summed E-state index contributed by atoms with van der Waals surface area (Å²) in [5, 5.41) is 9.12. The first-order chi connectivity index (χ1) is 8.02. The van der Waals surface area contributed by atoms with Gasteiger partial charge in [0.25, 0.3) is 0 Å². The fourth-order valence-corrected chi connectivity index (χ4v) is 2.46. The van der Waals surface area contributed by atoms with E-state index in [9.17, 15) is 4.79 Å². The molecule has 0 saturated carbocycles. The molecular formula is C13H16BrNO2. The number of halogens is 1. The summed E-state index contributed by atoms with van der Waals surface area (Å²) >= 11 is 3.52. The Bertz CT molecular complexity index is 436. The number of anilines is 1. The molecule has 1 N–H and O–H groups in total. The van der Waals surface area contributed by atoms with Crippen molar-refractivity contribution in [2.24, 2.45) is 5.92 Å². The smallest absolute Gasteiger partial charge is 0.227 e. The van der Waals surface area contributed by atoms with Crippen LogP contribution < -0.4 is 4.90 Å². The van der Waals surface area contributed by atoms with E-state index in [0.29, 0.717) is 13.0 Å². The van der Waals surface area contributed by atoms with Crippen molar-refractivity contribution in [2.75, 3.05) is 18.1 Å². The Labute approximate surface area is 110 Å². The van der Waals surface area contributed by atoms with Crippen LogP contribution in [0.2, 0.25) is 0 Å². The summed E-state index contributed by atoms with van der Waals surface area (Å²) in [5.74, 6) is 0.178. The van der Waals surface area contributed by atoms with E-state index >= 15 is 0 Å². The summed E-state index contributed by atoms with van der Waals surface area (Å²) < 4.78 is 1.09. The van der Waals surface area contributed by atoms with E-state index in [4.69, 9.17) is 5.11 Å². The van der Waals surface area contributed by atoms with Crippen molar-refractivity contribution in [2.45, 2.75) is 20.3 Å². The van der Waals surface area contributed by atoms with Crippen molar-refractivity contribution in [3.63, 3.8) is 0 Å². The zero-order chi connectivity index (χ0) is 12.6. The predicted octanol–water partition coefficient (Wildman–Crippen LogP) is 2.41. The third-order valence-corrected chi connectivity index (χ3v) is 4.45. The Morgan fingerprint density at radius 2 is 2.00 bits per heavy atom. The lowest BCUT2D eigenvalue weighted by molar-refractivity contribution is -0.117. The fraction of sp³-hybridized carbons (Fsp3) is 0.462. The first-order valence-electron chi connectivity index (χ1n) is 5.71. The molecule has 1 aromatic carbocycles. The largest absolute Gasteiger partial charge is 0.396 e. The molecular weight excluding hydrogens is 282 g/mol. The number of carbonyl (C=O) groups excluding carboxylic acids is 1. The van der Waals surface area contributed by atoms with E-state index in [1.54, 1.807) is 4.90 Å². The van der Waals surface area contributed by atoms with Crippen LogP contribution in [0.15, 0.2) is 16.6 Å². The normalized spacial score (nSPS) is 20.1. The molecule has 0 radical (unpaired) electrons. The second-order valence-electron chi connectivity index (χ2n) is 4.65. The Morgan fingerprint density at radius 1 is 1.41 bits per heavy atom. The van der Waals surface area contributed by atoms with Crippen LogP contribution in [0.4, 0.5) is 5.69 Å². The van der Waals surface area contributed by atoms with Gasteiger partial charge in [0.2, 0.25) is 5.91 Å². The molecule has 2 rings (SSSR count). The first kappa shape index (κ1) is 12.6. The van der Waals surface area contributed by atoms with Gasteiger partial charge in [0.05, 0.1) is 0 Å². The Morgan fingerprint density at radius 3 is 2.47 bits per heavy atom. The molecule has 0 aromatic heterocycles. The van der Waals surface area contributed by atoms with Gasteiger partial charge in [0.15, 0.2) is 0 Å². The second-order valence-corrected chi connectivity index (χ2v) is 5.44. The highest BCUT2D eigenvalue weighted by atomic mass is 79.9. The maximum Gasteiger partial charge on any atom is 0.227 e. The summed E-state index contributed by atoms with van der Waals surface area (Å²) in [6, 6.07) is 4.02. The van der Waals surface area contributed by atoms with E-state index < -0.39 is 0 Å². The molecule has 1 saturated heterocycles. The number of amides is 1. The molecule has 4 heteroatoms. The van der Waals surface area contributed by atoms with Crippen LogP contribution in [0, 0.1) is 19.8 Å². The Hall–Kier alpha value is -0.870. The third-order valence-electron chi connectivity index (χ3n) is 3.20. The molecule has 17 heavy (non-hydrogen) atoms. The van der Waals surface area contributed by atoms with Gasteiger partial charge in [-0.3, -0.25) is 4.79 Å². The number of carbonyl (C=O) groups is 1. The number of aliphatic hydroxyl groups excluding tert-OH is 1. The van der Waals surface area contributed by atoms with Crippen molar-refractivity contribution in [3.05, 3.63) is 27.7 Å². The number of rotatable bonds is 2. The lowest BCUT2D eigenvalue weighted by Gasteiger charge is -2.18. The van der Waals surface area contributed by atoms with E-state index in [1.807, 2.05) is 26.0 Å². The van der Waals surface area contributed by atoms with Crippen molar-refractivity contribution < 1.29 is 9.90 Å². The van der Waals surface area contributed by atoms with Gasteiger partial charge in [-0.05, 0) is 37.1 Å². The standard InChI is InChI=1S/C13H16BrNO2/c1-8-3-11(4-9(2)13(8)14)15-6-10(7-16)5-12(15)17/h3-4,10,16H,5-7H2,1-2H3. The highest BCUT2D eigenvalue weighted by molar-refractivity contribution is 9.10. The van der Waals surface area contributed by atoms with Gasteiger partial charge in [-0.25, -0.2) is 0 Å². The van der Waals surface area contributed by atoms with Crippen LogP contribution in [0.1, 0.15) is 17.5 Å². The van der Waals surface area contributed by atoms with Crippen LogP contribution >= 0.6 is 15.9 Å². The fourth-order valence-electron chi connectivity index (χ4n) is 2.23. The van der Waals surface area contributed by atoms with Crippen molar-refractivity contribution >= 4 is 27.5 Å². The van der Waals surface area contributed by atoms with Crippen molar-refractivity contribution in [1.82, 2.24) is 0 Å². The van der Waals surface area contributed by atoms with Crippen LogP contribution in [-0.4, -0.2) is 24.2 Å². The molecule has 1 atom stereocenters. The summed E-state index contributed by atoms with van der Waals surface area (Å²) in [6.45, 7) is 4.74. The summed E-state index contributed by atoms with van der Waals surface area (Å²) in [4.78, 5) is 13.6. The molecule has 1 aliphatic rings. The minimum atomic E-state index is 0.0757. The van der Waals surface area contributed by atoms with Gasteiger partial charge in [-0.2, -0.15) is 0 Å². The van der Waals surface area contributed by atoms with Crippen LogP contribution in [0.5, 0.6) is 0 Å². The number of benzene rings is 1. The molecule has 1 unspecified atom stereocenters. The molecule has 3 nitrogen and oxygen atoms in total. The number of hydrogen-bond donors (Lipinski definition) is 1. The summed E-state index contributed by atoms with van der Waals surface area (Å²) in [6.07, 6.45) is 0.449. The maximum absolute atomic E-state index is 11.9. The molecule has 1 aromatic rings. The van der Waals surface area contributed by atoms with E-state index in [1.165, 1.54) is 0 Å². The molecule has 1 amide bonds. The van der Waals surface area contributed by atoms with Gasteiger partial charge < -0.3 is 10.0 Å².